The van der Waals surface area contributed by atoms with E-state index >= 15 is 0 Å². The zero-order valence-electron chi connectivity index (χ0n) is 10.0. The zero-order chi connectivity index (χ0) is 13.0. The van der Waals surface area contributed by atoms with Crippen molar-refractivity contribution < 1.29 is 9.13 Å². The third-order valence-corrected chi connectivity index (χ3v) is 2.43. The van der Waals surface area contributed by atoms with E-state index in [4.69, 9.17) is 10.5 Å². The van der Waals surface area contributed by atoms with E-state index in [1.807, 2.05) is 0 Å². The Kier molecular flexibility index (Phi) is 3.83. The summed E-state index contributed by atoms with van der Waals surface area (Å²) < 4.78 is 19.8. The molecule has 0 amide bonds. The van der Waals surface area contributed by atoms with Gasteiger partial charge >= 0.3 is 0 Å². The summed E-state index contributed by atoms with van der Waals surface area (Å²) in [6, 6.07) is 4.25. The van der Waals surface area contributed by atoms with Crippen molar-refractivity contribution >= 4 is 5.69 Å². The van der Waals surface area contributed by atoms with Crippen LogP contribution in [0.1, 0.15) is 6.42 Å². The van der Waals surface area contributed by atoms with Gasteiger partial charge in [-0.1, -0.05) is 0 Å². The van der Waals surface area contributed by atoms with Crippen LogP contribution in [0.25, 0.3) is 11.4 Å². The van der Waals surface area contributed by atoms with Gasteiger partial charge in [0.1, 0.15) is 5.82 Å². The van der Waals surface area contributed by atoms with Crippen LogP contribution in [0, 0.1) is 5.82 Å². The van der Waals surface area contributed by atoms with Gasteiger partial charge in [0.2, 0.25) is 0 Å². The average molecular weight is 251 g/mol. The first-order chi connectivity index (χ1) is 8.70. The summed E-state index contributed by atoms with van der Waals surface area (Å²) in [4.78, 5) is 0. The third kappa shape index (κ3) is 2.80. The second-order valence-electron chi connectivity index (χ2n) is 3.85. The fraction of sp³-hybridized carbons (Fsp3) is 0.364. The number of anilines is 1. The van der Waals surface area contributed by atoms with Gasteiger partial charge in [-0.25, -0.2) is 9.07 Å². The van der Waals surface area contributed by atoms with Crippen LogP contribution in [0.5, 0.6) is 0 Å². The minimum atomic E-state index is -0.406. The molecule has 0 aliphatic carbocycles. The van der Waals surface area contributed by atoms with Crippen LogP contribution in [-0.2, 0) is 11.3 Å². The molecule has 0 radical (unpaired) electrons. The molecule has 1 aromatic carbocycles. The predicted molar refractivity (Wildman–Crippen MR) is 64.1 cm³/mol. The molecule has 0 unspecified atom stereocenters. The summed E-state index contributed by atoms with van der Waals surface area (Å²) >= 11 is 0. The van der Waals surface area contributed by atoms with E-state index in [2.05, 4.69) is 15.5 Å². The molecule has 6 nitrogen and oxygen atoms in total. The molecular formula is C11H14FN5O. The topological polar surface area (TPSA) is 78.8 Å². The van der Waals surface area contributed by atoms with Gasteiger partial charge in [-0.3, -0.25) is 0 Å². The van der Waals surface area contributed by atoms with Crippen molar-refractivity contribution in [3.8, 4) is 11.4 Å². The second-order valence-corrected chi connectivity index (χ2v) is 3.85. The van der Waals surface area contributed by atoms with E-state index < -0.39 is 5.82 Å². The smallest absolute Gasteiger partial charge is 0.182 e. The minimum Gasteiger partial charge on any atom is -0.399 e. The first kappa shape index (κ1) is 12.4. The summed E-state index contributed by atoms with van der Waals surface area (Å²) in [6.07, 6.45) is 0.777. The lowest BCUT2D eigenvalue weighted by Gasteiger charge is -2.05. The summed E-state index contributed by atoms with van der Waals surface area (Å²) in [7, 11) is 1.63. The van der Waals surface area contributed by atoms with Crippen LogP contribution in [0.2, 0.25) is 0 Å². The molecule has 0 aliphatic heterocycles. The highest BCUT2D eigenvalue weighted by Gasteiger charge is 2.10. The molecule has 0 aliphatic rings. The molecular weight excluding hydrogens is 237 g/mol. The number of nitrogens with two attached hydrogens (primary N) is 1. The van der Waals surface area contributed by atoms with Gasteiger partial charge in [-0.15, -0.1) is 5.10 Å². The van der Waals surface area contributed by atoms with Crippen LogP contribution < -0.4 is 5.73 Å². The molecule has 1 heterocycles. The second kappa shape index (κ2) is 5.54. The number of halogens is 1. The quantitative estimate of drug-likeness (QED) is 0.636. The molecule has 0 atom stereocenters. The Bertz CT molecular complexity index is 508. The van der Waals surface area contributed by atoms with Crippen molar-refractivity contribution in [1.82, 2.24) is 20.2 Å². The monoisotopic (exact) mass is 251 g/mol. The number of aryl methyl sites for hydroxylation is 1. The number of benzene rings is 1. The molecule has 0 saturated heterocycles. The molecule has 7 heteroatoms. The Labute approximate surface area is 104 Å². The molecule has 0 fully saturated rings. The van der Waals surface area contributed by atoms with Crippen LogP contribution in [0.15, 0.2) is 18.2 Å². The van der Waals surface area contributed by atoms with E-state index in [1.165, 1.54) is 12.1 Å². The van der Waals surface area contributed by atoms with Gasteiger partial charge in [0.25, 0.3) is 0 Å². The molecule has 0 bridgehead atoms. The molecule has 0 saturated carbocycles. The van der Waals surface area contributed by atoms with Crippen molar-refractivity contribution in [2.75, 3.05) is 19.5 Å². The molecule has 1 aromatic heterocycles. The third-order valence-electron chi connectivity index (χ3n) is 2.43. The van der Waals surface area contributed by atoms with Crippen molar-refractivity contribution in [2.24, 2.45) is 0 Å². The number of nitrogen functional groups attached to an aromatic ring is 1. The first-order valence-corrected chi connectivity index (χ1v) is 5.52. The highest BCUT2D eigenvalue weighted by Crippen LogP contribution is 2.20. The van der Waals surface area contributed by atoms with E-state index in [0.29, 0.717) is 30.2 Å². The van der Waals surface area contributed by atoms with Crippen molar-refractivity contribution in [1.29, 1.82) is 0 Å². The Hall–Kier alpha value is -2.02. The molecule has 96 valence electrons. The maximum absolute atomic E-state index is 13.3. The van der Waals surface area contributed by atoms with Crippen molar-refractivity contribution in [2.45, 2.75) is 13.0 Å². The lowest BCUT2D eigenvalue weighted by atomic mass is 10.2. The van der Waals surface area contributed by atoms with Gasteiger partial charge in [0.05, 0.1) is 0 Å². The summed E-state index contributed by atoms with van der Waals surface area (Å²) in [6.45, 7) is 1.22. The number of ether oxygens (including phenoxy) is 1. The van der Waals surface area contributed by atoms with Crippen LogP contribution in [-0.4, -0.2) is 33.9 Å². The molecule has 18 heavy (non-hydrogen) atoms. The van der Waals surface area contributed by atoms with E-state index in [9.17, 15) is 4.39 Å². The standard InChI is InChI=1S/C11H14FN5O/c1-18-4-2-3-17-11(14-15-16-17)8-5-9(12)7-10(13)6-8/h5-7H,2-4,13H2,1H3. The number of hydrogen-bond acceptors (Lipinski definition) is 5. The maximum atomic E-state index is 13.3. The van der Waals surface area contributed by atoms with Gasteiger partial charge in [-0.05, 0) is 35.0 Å². The Morgan fingerprint density at radius 2 is 2.22 bits per heavy atom. The van der Waals surface area contributed by atoms with Gasteiger partial charge < -0.3 is 10.5 Å². The number of nitrogens with zero attached hydrogens (tertiary/aromatic N) is 4. The normalized spacial score (nSPS) is 10.8. The fourth-order valence-corrected chi connectivity index (χ4v) is 1.66. The summed E-state index contributed by atoms with van der Waals surface area (Å²) in [5.41, 5.74) is 6.51. The van der Waals surface area contributed by atoms with Gasteiger partial charge in [0.15, 0.2) is 5.82 Å². The lowest BCUT2D eigenvalue weighted by molar-refractivity contribution is 0.189. The Morgan fingerprint density at radius 1 is 1.39 bits per heavy atom. The average Bonchev–Trinajstić information content (AvgIpc) is 2.76. The van der Waals surface area contributed by atoms with E-state index in [1.54, 1.807) is 17.9 Å². The zero-order valence-corrected chi connectivity index (χ0v) is 10.0. The van der Waals surface area contributed by atoms with Crippen molar-refractivity contribution in [3.63, 3.8) is 0 Å². The van der Waals surface area contributed by atoms with E-state index in [-0.39, 0.29) is 0 Å². The van der Waals surface area contributed by atoms with Crippen molar-refractivity contribution in [3.05, 3.63) is 24.0 Å². The van der Waals surface area contributed by atoms with Crippen LogP contribution in [0.4, 0.5) is 10.1 Å². The molecule has 2 rings (SSSR count). The fourth-order valence-electron chi connectivity index (χ4n) is 1.66. The Morgan fingerprint density at radius 3 is 2.94 bits per heavy atom. The minimum absolute atomic E-state index is 0.344. The molecule has 2 aromatic rings. The predicted octanol–water partition coefficient (Wildman–Crippen LogP) is 1.10. The molecule has 0 spiro atoms. The SMILES string of the molecule is COCCCn1nnnc1-c1cc(N)cc(F)c1. The molecule has 2 N–H and O–H groups in total. The lowest BCUT2D eigenvalue weighted by Crippen LogP contribution is -2.05. The number of aromatic nitrogens is 4. The highest BCUT2D eigenvalue weighted by molar-refractivity contribution is 5.61. The van der Waals surface area contributed by atoms with E-state index in [0.717, 1.165) is 6.42 Å². The van der Waals surface area contributed by atoms with Gasteiger partial charge in [0, 0.05) is 31.5 Å². The van der Waals surface area contributed by atoms with Crippen LogP contribution in [0.3, 0.4) is 0 Å². The summed E-state index contributed by atoms with van der Waals surface area (Å²) in [5.74, 6) is 0.0914. The first-order valence-electron chi connectivity index (χ1n) is 5.52. The number of methoxy groups -OCH3 is 1. The van der Waals surface area contributed by atoms with Crippen LogP contribution >= 0.6 is 0 Å². The number of hydrogen-bond donors (Lipinski definition) is 1. The number of tetrazole rings is 1. The Balaban J connectivity index is 2.24. The number of rotatable bonds is 5. The highest BCUT2D eigenvalue weighted by atomic mass is 19.1. The maximum Gasteiger partial charge on any atom is 0.182 e. The largest absolute Gasteiger partial charge is 0.399 e. The summed E-state index contributed by atoms with van der Waals surface area (Å²) in [5, 5.41) is 11.3. The van der Waals surface area contributed by atoms with Gasteiger partial charge in [-0.2, -0.15) is 0 Å².